The molecule has 2 aromatic heterocycles. The largest absolute Gasteiger partial charge is 0.466 e. The van der Waals surface area contributed by atoms with E-state index in [2.05, 4.69) is 22.4 Å². The van der Waals surface area contributed by atoms with Crippen LogP contribution < -0.4 is 5.32 Å². The van der Waals surface area contributed by atoms with Gasteiger partial charge in [0.05, 0.1) is 6.54 Å². The Hall–Kier alpha value is -2.11. The van der Waals surface area contributed by atoms with E-state index < -0.39 is 0 Å². The summed E-state index contributed by atoms with van der Waals surface area (Å²) in [5, 5.41) is 10.7. The minimum atomic E-state index is 0.00314. The van der Waals surface area contributed by atoms with Crippen molar-refractivity contribution in [1.82, 2.24) is 20.1 Å². The number of carbonyl (C=O) groups excluding carboxylic acids is 1. The second kappa shape index (κ2) is 6.34. The SMILES string of the molecule is CCn1cnnc1CNC(=O)CCc1ccc([C@@H]2C[C@@H]2C)o1. The van der Waals surface area contributed by atoms with Crippen LogP contribution in [0.1, 0.15) is 50.0 Å². The summed E-state index contributed by atoms with van der Waals surface area (Å²) in [4.78, 5) is 11.9. The summed E-state index contributed by atoms with van der Waals surface area (Å²) in [5.41, 5.74) is 0. The van der Waals surface area contributed by atoms with Gasteiger partial charge in [0.25, 0.3) is 0 Å². The maximum atomic E-state index is 11.9. The average Bonchev–Trinajstić information content (AvgIpc) is 2.97. The van der Waals surface area contributed by atoms with Crippen molar-refractivity contribution < 1.29 is 9.21 Å². The van der Waals surface area contributed by atoms with Crippen LogP contribution in [0.15, 0.2) is 22.9 Å². The lowest BCUT2D eigenvalue weighted by molar-refractivity contribution is -0.121. The molecule has 0 saturated heterocycles. The van der Waals surface area contributed by atoms with Gasteiger partial charge in [-0.05, 0) is 31.4 Å². The Bertz CT molecular complexity index is 646. The van der Waals surface area contributed by atoms with Gasteiger partial charge in [-0.15, -0.1) is 10.2 Å². The highest BCUT2D eigenvalue weighted by Crippen LogP contribution is 2.47. The lowest BCUT2D eigenvalue weighted by Gasteiger charge is -2.05. The molecule has 1 N–H and O–H groups in total. The molecule has 0 aliphatic heterocycles. The first-order valence-electron chi connectivity index (χ1n) is 7.89. The molecule has 0 spiro atoms. The molecule has 2 aromatic rings. The van der Waals surface area contributed by atoms with Crippen molar-refractivity contribution in [2.24, 2.45) is 5.92 Å². The van der Waals surface area contributed by atoms with Gasteiger partial charge >= 0.3 is 0 Å². The summed E-state index contributed by atoms with van der Waals surface area (Å²) in [6, 6.07) is 4.03. The standard InChI is InChI=1S/C16H22N4O2/c1-3-20-10-18-19-15(20)9-17-16(21)7-5-12-4-6-14(22-12)13-8-11(13)2/h4,6,10-11,13H,3,5,7-9H2,1-2H3,(H,17,21)/t11-,13+/m0/s1. The fraction of sp³-hybridized carbons (Fsp3) is 0.562. The van der Waals surface area contributed by atoms with Crippen LogP contribution in [0, 0.1) is 5.92 Å². The molecule has 3 rings (SSSR count). The van der Waals surface area contributed by atoms with E-state index in [9.17, 15) is 4.79 Å². The van der Waals surface area contributed by atoms with E-state index >= 15 is 0 Å². The van der Waals surface area contributed by atoms with Gasteiger partial charge in [0.1, 0.15) is 17.8 Å². The molecule has 6 nitrogen and oxygen atoms in total. The van der Waals surface area contributed by atoms with Crippen molar-refractivity contribution in [2.75, 3.05) is 0 Å². The average molecular weight is 302 g/mol. The zero-order valence-corrected chi connectivity index (χ0v) is 13.1. The number of aryl methyl sites for hydroxylation is 2. The summed E-state index contributed by atoms with van der Waals surface area (Å²) in [6.45, 7) is 5.46. The lowest BCUT2D eigenvalue weighted by Crippen LogP contribution is -2.24. The first kappa shape index (κ1) is 14.8. The first-order valence-corrected chi connectivity index (χ1v) is 7.89. The predicted molar refractivity (Wildman–Crippen MR) is 81.1 cm³/mol. The van der Waals surface area contributed by atoms with Crippen LogP contribution in [-0.2, 0) is 24.3 Å². The summed E-state index contributed by atoms with van der Waals surface area (Å²) in [6.07, 6.45) is 3.94. The maximum Gasteiger partial charge on any atom is 0.220 e. The first-order chi connectivity index (χ1) is 10.7. The van der Waals surface area contributed by atoms with Gasteiger partial charge in [0.15, 0.2) is 5.82 Å². The number of aromatic nitrogens is 3. The third kappa shape index (κ3) is 3.37. The second-order valence-corrected chi connectivity index (χ2v) is 5.93. The minimum absolute atomic E-state index is 0.00314. The summed E-state index contributed by atoms with van der Waals surface area (Å²) < 4.78 is 7.72. The Kier molecular flexibility index (Phi) is 4.27. The fourth-order valence-electron chi connectivity index (χ4n) is 2.63. The maximum absolute atomic E-state index is 11.9. The number of amides is 1. The molecule has 1 amide bonds. The molecule has 0 aromatic carbocycles. The van der Waals surface area contributed by atoms with E-state index in [0.29, 0.717) is 25.3 Å². The molecular weight excluding hydrogens is 280 g/mol. The Morgan fingerprint density at radius 1 is 1.50 bits per heavy atom. The molecule has 0 radical (unpaired) electrons. The Balaban J connectivity index is 1.43. The number of carbonyl (C=O) groups is 1. The molecule has 118 valence electrons. The molecule has 6 heteroatoms. The number of rotatable bonds is 7. The van der Waals surface area contributed by atoms with E-state index in [1.165, 1.54) is 6.42 Å². The van der Waals surface area contributed by atoms with Crippen LogP contribution >= 0.6 is 0 Å². The summed E-state index contributed by atoms with van der Waals surface area (Å²) in [5.74, 6) is 4.06. The van der Waals surface area contributed by atoms with Crippen LogP contribution in [0.5, 0.6) is 0 Å². The third-order valence-electron chi connectivity index (χ3n) is 4.24. The molecule has 2 heterocycles. The molecule has 1 aliphatic rings. The Morgan fingerprint density at radius 3 is 3.05 bits per heavy atom. The van der Waals surface area contributed by atoms with Gasteiger partial charge < -0.3 is 14.3 Å². The highest BCUT2D eigenvalue weighted by atomic mass is 16.3. The molecule has 1 fully saturated rings. The number of nitrogens with zero attached hydrogens (tertiary/aromatic N) is 3. The highest BCUT2D eigenvalue weighted by Gasteiger charge is 2.36. The van der Waals surface area contributed by atoms with E-state index in [0.717, 1.165) is 29.8 Å². The number of hydrogen-bond donors (Lipinski definition) is 1. The second-order valence-electron chi connectivity index (χ2n) is 5.93. The Morgan fingerprint density at radius 2 is 2.32 bits per heavy atom. The van der Waals surface area contributed by atoms with Gasteiger partial charge in [-0.2, -0.15) is 0 Å². The van der Waals surface area contributed by atoms with Crippen LogP contribution in [0.4, 0.5) is 0 Å². The van der Waals surface area contributed by atoms with Crippen molar-refractivity contribution in [1.29, 1.82) is 0 Å². The van der Waals surface area contributed by atoms with Gasteiger partial charge in [0.2, 0.25) is 5.91 Å². The molecule has 0 unspecified atom stereocenters. The minimum Gasteiger partial charge on any atom is -0.466 e. The van der Waals surface area contributed by atoms with Crippen molar-refractivity contribution in [3.63, 3.8) is 0 Å². The topological polar surface area (TPSA) is 73.0 Å². The molecule has 22 heavy (non-hydrogen) atoms. The number of nitrogens with one attached hydrogen (secondary N) is 1. The normalized spacial score (nSPS) is 20.1. The van der Waals surface area contributed by atoms with Gasteiger partial charge in [-0.1, -0.05) is 6.92 Å². The molecule has 0 bridgehead atoms. The van der Waals surface area contributed by atoms with E-state index in [1.54, 1.807) is 6.33 Å². The van der Waals surface area contributed by atoms with Crippen LogP contribution in [-0.4, -0.2) is 20.7 Å². The number of hydrogen-bond acceptors (Lipinski definition) is 4. The third-order valence-corrected chi connectivity index (χ3v) is 4.24. The summed E-state index contributed by atoms with van der Waals surface area (Å²) >= 11 is 0. The van der Waals surface area contributed by atoms with Gasteiger partial charge in [-0.3, -0.25) is 4.79 Å². The monoisotopic (exact) mass is 302 g/mol. The molecule has 1 saturated carbocycles. The van der Waals surface area contributed by atoms with Crippen molar-refractivity contribution in [3.8, 4) is 0 Å². The van der Waals surface area contributed by atoms with Crippen molar-refractivity contribution in [3.05, 3.63) is 35.8 Å². The zero-order valence-electron chi connectivity index (χ0n) is 13.1. The Labute approximate surface area is 129 Å². The summed E-state index contributed by atoms with van der Waals surface area (Å²) in [7, 11) is 0. The van der Waals surface area contributed by atoms with E-state index in [1.807, 2.05) is 23.6 Å². The quantitative estimate of drug-likeness (QED) is 0.851. The fourth-order valence-corrected chi connectivity index (χ4v) is 2.63. The smallest absolute Gasteiger partial charge is 0.220 e. The molecule has 1 aliphatic carbocycles. The van der Waals surface area contributed by atoms with E-state index in [4.69, 9.17) is 4.42 Å². The van der Waals surface area contributed by atoms with E-state index in [-0.39, 0.29) is 5.91 Å². The van der Waals surface area contributed by atoms with Crippen molar-refractivity contribution >= 4 is 5.91 Å². The number of furan rings is 1. The molecule has 2 atom stereocenters. The van der Waals surface area contributed by atoms with Crippen molar-refractivity contribution in [2.45, 2.75) is 52.1 Å². The van der Waals surface area contributed by atoms with Gasteiger partial charge in [0, 0.05) is 25.3 Å². The molecular formula is C16H22N4O2. The van der Waals surface area contributed by atoms with Crippen LogP contribution in [0.2, 0.25) is 0 Å². The lowest BCUT2D eigenvalue weighted by atomic mass is 10.2. The van der Waals surface area contributed by atoms with Crippen LogP contribution in [0.3, 0.4) is 0 Å². The zero-order chi connectivity index (χ0) is 15.5. The highest BCUT2D eigenvalue weighted by molar-refractivity contribution is 5.75. The predicted octanol–water partition coefficient (Wildman–Crippen LogP) is 2.26. The van der Waals surface area contributed by atoms with Gasteiger partial charge in [-0.25, -0.2) is 0 Å². The van der Waals surface area contributed by atoms with Crippen LogP contribution in [0.25, 0.3) is 0 Å².